The molecule has 96 valence electrons. The van der Waals surface area contributed by atoms with Crippen molar-refractivity contribution < 1.29 is 0 Å². The van der Waals surface area contributed by atoms with Crippen molar-refractivity contribution in [2.24, 2.45) is 13.0 Å². The van der Waals surface area contributed by atoms with Crippen molar-refractivity contribution in [3.63, 3.8) is 0 Å². The van der Waals surface area contributed by atoms with E-state index in [0.717, 1.165) is 19.0 Å². The molecule has 2 atom stereocenters. The van der Waals surface area contributed by atoms with Crippen LogP contribution >= 0.6 is 15.9 Å². The molecule has 0 aromatic carbocycles. The third-order valence-corrected chi connectivity index (χ3v) is 4.47. The van der Waals surface area contributed by atoms with Gasteiger partial charge in [0.15, 0.2) is 0 Å². The van der Waals surface area contributed by atoms with Gasteiger partial charge in [0, 0.05) is 13.0 Å². The van der Waals surface area contributed by atoms with Crippen LogP contribution in [0.5, 0.6) is 0 Å². The molecular weight excluding hydrogens is 278 g/mol. The minimum Gasteiger partial charge on any atom is -0.317 e. The van der Waals surface area contributed by atoms with E-state index in [0.29, 0.717) is 5.92 Å². The lowest BCUT2D eigenvalue weighted by Crippen LogP contribution is -2.30. The van der Waals surface area contributed by atoms with E-state index < -0.39 is 0 Å². The highest BCUT2D eigenvalue weighted by atomic mass is 79.9. The maximum absolute atomic E-state index is 4.36. The van der Waals surface area contributed by atoms with Gasteiger partial charge in [0.25, 0.3) is 0 Å². The van der Waals surface area contributed by atoms with E-state index >= 15 is 0 Å². The maximum Gasteiger partial charge on any atom is 0.0635 e. The number of nitrogens with zero attached hydrogens (tertiary/aromatic N) is 2. The molecule has 0 spiro atoms. The van der Waals surface area contributed by atoms with Crippen LogP contribution in [0.3, 0.4) is 0 Å². The summed E-state index contributed by atoms with van der Waals surface area (Å²) in [5.74, 6) is 1.42. The zero-order chi connectivity index (χ0) is 12.3. The maximum atomic E-state index is 4.36. The summed E-state index contributed by atoms with van der Waals surface area (Å²) >= 11 is 3.64. The summed E-state index contributed by atoms with van der Waals surface area (Å²) in [5.41, 5.74) is 1.38. The van der Waals surface area contributed by atoms with Gasteiger partial charge in [0.1, 0.15) is 0 Å². The Hall–Kier alpha value is -0.350. The number of nitrogens with one attached hydrogen (secondary N) is 1. The second kappa shape index (κ2) is 6.01. The molecule has 0 radical (unpaired) electrons. The molecule has 1 heterocycles. The topological polar surface area (TPSA) is 29.9 Å². The number of aromatic nitrogens is 2. The number of rotatable bonds is 4. The second-order valence-electron chi connectivity index (χ2n) is 4.96. The Bertz CT molecular complexity index is 342. The van der Waals surface area contributed by atoms with Crippen LogP contribution in [0.2, 0.25) is 0 Å². The summed E-state index contributed by atoms with van der Waals surface area (Å²) in [5, 5.41) is 7.86. The molecule has 2 unspecified atom stereocenters. The first-order valence-electron chi connectivity index (χ1n) is 6.62. The molecule has 0 amide bonds. The Labute approximate surface area is 112 Å². The minimum atomic E-state index is 0.657. The molecule has 0 bridgehead atoms. The van der Waals surface area contributed by atoms with E-state index in [1.165, 1.54) is 35.8 Å². The lowest BCUT2D eigenvalue weighted by Gasteiger charge is -2.32. The molecule has 1 aliphatic carbocycles. The van der Waals surface area contributed by atoms with Crippen LogP contribution in [0.1, 0.15) is 44.2 Å². The Morgan fingerprint density at radius 1 is 1.47 bits per heavy atom. The van der Waals surface area contributed by atoms with E-state index in [4.69, 9.17) is 0 Å². The third-order valence-electron chi connectivity index (χ3n) is 3.85. The Morgan fingerprint density at radius 2 is 2.24 bits per heavy atom. The van der Waals surface area contributed by atoms with Gasteiger partial charge in [-0.05, 0) is 47.8 Å². The first-order valence-corrected chi connectivity index (χ1v) is 7.41. The fourth-order valence-corrected chi connectivity index (χ4v) is 3.62. The molecule has 17 heavy (non-hydrogen) atoms. The third kappa shape index (κ3) is 2.91. The van der Waals surface area contributed by atoms with Crippen LogP contribution in [0, 0.1) is 5.92 Å². The van der Waals surface area contributed by atoms with Crippen LogP contribution in [0.4, 0.5) is 0 Å². The van der Waals surface area contributed by atoms with Crippen LogP contribution in [0.25, 0.3) is 0 Å². The van der Waals surface area contributed by atoms with Gasteiger partial charge >= 0.3 is 0 Å². The van der Waals surface area contributed by atoms with Gasteiger partial charge in [-0.1, -0.05) is 19.8 Å². The zero-order valence-electron chi connectivity index (χ0n) is 10.7. The quantitative estimate of drug-likeness (QED) is 0.926. The molecule has 2 rings (SSSR count). The fourth-order valence-electron chi connectivity index (χ4n) is 2.98. The van der Waals surface area contributed by atoms with Crippen molar-refractivity contribution in [1.29, 1.82) is 0 Å². The van der Waals surface area contributed by atoms with Gasteiger partial charge < -0.3 is 5.32 Å². The van der Waals surface area contributed by atoms with Gasteiger partial charge in [0.2, 0.25) is 0 Å². The van der Waals surface area contributed by atoms with Gasteiger partial charge in [-0.2, -0.15) is 5.10 Å². The Morgan fingerprint density at radius 3 is 2.88 bits per heavy atom. The van der Waals surface area contributed by atoms with Gasteiger partial charge in [-0.15, -0.1) is 0 Å². The first-order chi connectivity index (χ1) is 8.24. The lowest BCUT2D eigenvalue weighted by atomic mass is 9.77. The van der Waals surface area contributed by atoms with E-state index in [9.17, 15) is 0 Å². The SMILES string of the molecule is CCNCC1CCCCC1c1c(Br)cnn1C. The number of hydrogen-bond donors (Lipinski definition) is 1. The molecule has 1 aromatic rings. The minimum absolute atomic E-state index is 0.657. The summed E-state index contributed by atoms with van der Waals surface area (Å²) in [6.07, 6.45) is 7.30. The Balaban J connectivity index is 2.15. The van der Waals surface area contributed by atoms with E-state index in [1.807, 2.05) is 10.9 Å². The van der Waals surface area contributed by atoms with E-state index in [1.54, 1.807) is 0 Å². The summed E-state index contributed by atoms with van der Waals surface area (Å²) in [6, 6.07) is 0. The normalized spacial score (nSPS) is 25.1. The highest BCUT2D eigenvalue weighted by molar-refractivity contribution is 9.10. The zero-order valence-corrected chi connectivity index (χ0v) is 12.3. The summed E-state index contributed by atoms with van der Waals surface area (Å²) in [7, 11) is 2.05. The van der Waals surface area contributed by atoms with Crippen molar-refractivity contribution in [2.45, 2.75) is 38.5 Å². The molecule has 3 nitrogen and oxygen atoms in total. The summed E-state index contributed by atoms with van der Waals surface area (Å²) < 4.78 is 3.22. The van der Waals surface area contributed by atoms with E-state index in [-0.39, 0.29) is 0 Å². The number of hydrogen-bond acceptors (Lipinski definition) is 2. The number of aryl methyl sites for hydroxylation is 1. The van der Waals surface area contributed by atoms with Crippen molar-refractivity contribution in [1.82, 2.24) is 15.1 Å². The van der Waals surface area contributed by atoms with Crippen LogP contribution in [-0.2, 0) is 7.05 Å². The average Bonchev–Trinajstić information content (AvgIpc) is 2.67. The van der Waals surface area contributed by atoms with Crippen LogP contribution < -0.4 is 5.32 Å². The molecule has 1 aromatic heterocycles. The first kappa shape index (κ1) is 13.1. The van der Waals surface area contributed by atoms with Gasteiger partial charge in [-0.25, -0.2) is 0 Å². The molecule has 1 aliphatic rings. The van der Waals surface area contributed by atoms with Crippen molar-refractivity contribution >= 4 is 15.9 Å². The monoisotopic (exact) mass is 299 g/mol. The van der Waals surface area contributed by atoms with Gasteiger partial charge in [0.05, 0.1) is 16.4 Å². The summed E-state index contributed by atoms with van der Waals surface area (Å²) in [4.78, 5) is 0. The highest BCUT2D eigenvalue weighted by Gasteiger charge is 2.29. The number of halogens is 1. The average molecular weight is 300 g/mol. The van der Waals surface area contributed by atoms with Crippen molar-refractivity contribution in [3.05, 3.63) is 16.4 Å². The molecule has 0 aliphatic heterocycles. The van der Waals surface area contributed by atoms with Crippen molar-refractivity contribution in [2.75, 3.05) is 13.1 Å². The standard InChI is InChI=1S/C13H22BrN3/c1-3-15-8-10-6-4-5-7-11(10)13-12(14)9-16-17(13)2/h9-11,15H,3-8H2,1-2H3. The lowest BCUT2D eigenvalue weighted by molar-refractivity contribution is 0.286. The predicted molar refractivity (Wildman–Crippen MR) is 74.2 cm³/mol. The highest BCUT2D eigenvalue weighted by Crippen LogP contribution is 2.39. The molecule has 0 saturated heterocycles. The Kier molecular flexibility index (Phi) is 4.62. The molecule has 1 fully saturated rings. The van der Waals surface area contributed by atoms with Crippen molar-refractivity contribution in [3.8, 4) is 0 Å². The summed E-state index contributed by atoms with van der Waals surface area (Å²) in [6.45, 7) is 4.38. The molecule has 4 heteroatoms. The molecular formula is C13H22BrN3. The molecule has 1 saturated carbocycles. The van der Waals surface area contributed by atoms with Crippen LogP contribution in [0.15, 0.2) is 10.7 Å². The van der Waals surface area contributed by atoms with E-state index in [2.05, 4.69) is 40.3 Å². The van der Waals surface area contributed by atoms with Gasteiger partial charge in [-0.3, -0.25) is 4.68 Å². The predicted octanol–water partition coefficient (Wildman–Crippen LogP) is 3.07. The van der Waals surface area contributed by atoms with Crippen LogP contribution in [-0.4, -0.2) is 22.9 Å². The molecule has 1 N–H and O–H groups in total. The second-order valence-corrected chi connectivity index (χ2v) is 5.81. The fraction of sp³-hybridized carbons (Fsp3) is 0.769. The largest absolute Gasteiger partial charge is 0.317 e. The smallest absolute Gasteiger partial charge is 0.0635 e.